The predicted molar refractivity (Wildman–Crippen MR) is 75.8 cm³/mol. The molecular formula is C13H20BrN3O. The molecule has 2 heterocycles. The maximum atomic E-state index is 12.6. The zero-order valence-corrected chi connectivity index (χ0v) is 12.5. The van der Waals surface area contributed by atoms with Crippen LogP contribution in [0.25, 0.3) is 0 Å². The van der Waals surface area contributed by atoms with Gasteiger partial charge in [0.15, 0.2) is 0 Å². The fourth-order valence-electron chi connectivity index (χ4n) is 2.29. The van der Waals surface area contributed by atoms with E-state index in [0.717, 1.165) is 42.8 Å². The molecule has 1 aromatic rings. The van der Waals surface area contributed by atoms with E-state index in [9.17, 15) is 4.79 Å². The van der Waals surface area contributed by atoms with Crippen LogP contribution in [-0.2, 0) is 6.54 Å². The van der Waals surface area contributed by atoms with Gasteiger partial charge in [-0.25, -0.2) is 0 Å². The van der Waals surface area contributed by atoms with Gasteiger partial charge < -0.3 is 14.8 Å². The van der Waals surface area contributed by atoms with Gasteiger partial charge in [-0.1, -0.05) is 6.92 Å². The zero-order valence-electron chi connectivity index (χ0n) is 10.9. The summed E-state index contributed by atoms with van der Waals surface area (Å²) in [7, 11) is 0. The number of amides is 1. The van der Waals surface area contributed by atoms with Gasteiger partial charge in [0.25, 0.3) is 5.91 Å². The molecule has 0 unspecified atom stereocenters. The van der Waals surface area contributed by atoms with Crippen molar-refractivity contribution in [3.05, 3.63) is 22.4 Å². The number of aryl methyl sites for hydroxylation is 1. The molecule has 0 aromatic carbocycles. The summed E-state index contributed by atoms with van der Waals surface area (Å²) in [4.78, 5) is 14.5. The Bertz CT molecular complexity index is 426. The van der Waals surface area contributed by atoms with E-state index in [0.29, 0.717) is 6.04 Å². The Hall–Kier alpha value is -0.810. The van der Waals surface area contributed by atoms with Crippen LogP contribution < -0.4 is 5.32 Å². The fourth-order valence-corrected chi connectivity index (χ4v) is 2.75. The van der Waals surface area contributed by atoms with Gasteiger partial charge in [-0.15, -0.1) is 0 Å². The molecule has 0 aliphatic carbocycles. The summed E-state index contributed by atoms with van der Waals surface area (Å²) in [5.74, 6) is 0.142. The van der Waals surface area contributed by atoms with Crippen molar-refractivity contribution in [2.75, 3.05) is 19.6 Å². The topological polar surface area (TPSA) is 37.3 Å². The standard InChI is InChI=1S/C13H20BrN3O/c1-3-5-16-9-10(14)6-12(16)13(18)17(4-2)11-7-15-8-11/h6,9,11,15H,3-5,7-8H2,1-2H3. The summed E-state index contributed by atoms with van der Waals surface area (Å²) in [5, 5.41) is 3.22. The van der Waals surface area contributed by atoms with Crippen molar-refractivity contribution < 1.29 is 4.79 Å². The molecule has 1 N–H and O–H groups in total. The third-order valence-corrected chi connectivity index (χ3v) is 3.78. The second-order valence-electron chi connectivity index (χ2n) is 4.64. The lowest BCUT2D eigenvalue weighted by Gasteiger charge is -2.37. The molecule has 0 spiro atoms. The molecule has 1 saturated heterocycles. The first-order valence-electron chi connectivity index (χ1n) is 6.54. The minimum Gasteiger partial charge on any atom is -0.342 e. The Morgan fingerprint density at radius 2 is 2.28 bits per heavy atom. The number of hydrogen-bond donors (Lipinski definition) is 1. The number of nitrogens with zero attached hydrogens (tertiary/aromatic N) is 2. The second kappa shape index (κ2) is 5.89. The van der Waals surface area contributed by atoms with Gasteiger partial charge in [-0.3, -0.25) is 4.79 Å². The number of nitrogens with one attached hydrogen (secondary N) is 1. The van der Waals surface area contributed by atoms with Gasteiger partial charge in [0.2, 0.25) is 0 Å². The normalized spacial score (nSPS) is 15.5. The number of rotatable bonds is 5. The zero-order chi connectivity index (χ0) is 13.1. The molecule has 0 bridgehead atoms. The van der Waals surface area contributed by atoms with Crippen LogP contribution in [0.15, 0.2) is 16.7 Å². The summed E-state index contributed by atoms with van der Waals surface area (Å²) in [6.07, 6.45) is 3.02. The molecule has 2 rings (SSSR count). The minimum absolute atomic E-state index is 0.142. The minimum atomic E-state index is 0.142. The van der Waals surface area contributed by atoms with E-state index in [2.05, 4.69) is 28.2 Å². The molecule has 1 aromatic heterocycles. The Morgan fingerprint density at radius 3 is 2.78 bits per heavy atom. The molecule has 1 amide bonds. The van der Waals surface area contributed by atoms with Crippen molar-refractivity contribution in [3.63, 3.8) is 0 Å². The van der Waals surface area contributed by atoms with E-state index in [1.165, 1.54) is 0 Å². The molecule has 1 fully saturated rings. The van der Waals surface area contributed by atoms with Crippen LogP contribution in [0.3, 0.4) is 0 Å². The predicted octanol–water partition coefficient (Wildman–Crippen LogP) is 2.09. The number of hydrogen-bond acceptors (Lipinski definition) is 2. The molecule has 18 heavy (non-hydrogen) atoms. The third kappa shape index (κ3) is 2.62. The monoisotopic (exact) mass is 313 g/mol. The Morgan fingerprint density at radius 1 is 1.56 bits per heavy atom. The lowest BCUT2D eigenvalue weighted by atomic mass is 10.1. The number of halogens is 1. The number of carbonyl (C=O) groups is 1. The quantitative estimate of drug-likeness (QED) is 0.904. The van der Waals surface area contributed by atoms with E-state index in [-0.39, 0.29) is 5.91 Å². The van der Waals surface area contributed by atoms with Crippen LogP contribution in [-0.4, -0.2) is 41.1 Å². The van der Waals surface area contributed by atoms with Gasteiger partial charge in [-0.2, -0.15) is 0 Å². The lowest BCUT2D eigenvalue weighted by molar-refractivity contribution is 0.0619. The first-order chi connectivity index (χ1) is 8.67. The van der Waals surface area contributed by atoms with Crippen LogP contribution >= 0.6 is 15.9 Å². The summed E-state index contributed by atoms with van der Waals surface area (Å²) < 4.78 is 3.02. The molecular weight excluding hydrogens is 294 g/mol. The fraction of sp³-hybridized carbons (Fsp3) is 0.615. The van der Waals surface area contributed by atoms with Gasteiger partial charge in [0.1, 0.15) is 5.69 Å². The molecule has 100 valence electrons. The largest absolute Gasteiger partial charge is 0.342 e. The molecule has 1 aliphatic heterocycles. The van der Waals surface area contributed by atoms with E-state index in [1.54, 1.807) is 0 Å². The van der Waals surface area contributed by atoms with Crippen LogP contribution in [0.4, 0.5) is 0 Å². The van der Waals surface area contributed by atoms with Crippen LogP contribution in [0.2, 0.25) is 0 Å². The van der Waals surface area contributed by atoms with Crippen molar-refractivity contribution in [2.24, 2.45) is 0 Å². The average molecular weight is 314 g/mol. The summed E-state index contributed by atoms with van der Waals surface area (Å²) >= 11 is 3.46. The summed E-state index contributed by atoms with van der Waals surface area (Å²) in [6.45, 7) is 7.63. The number of likely N-dealkylation sites (N-methyl/N-ethyl adjacent to an activating group) is 1. The van der Waals surface area contributed by atoms with Crippen molar-refractivity contribution in [1.29, 1.82) is 0 Å². The second-order valence-corrected chi connectivity index (χ2v) is 5.56. The molecule has 5 heteroatoms. The highest BCUT2D eigenvalue weighted by atomic mass is 79.9. The van der Waals surface area contributed by atoms with E-state index in [1.807, 2.05) is 28.7 Å². The highest BCUT2D eigenvalue weighted by Crippen LogP contribution is 2.19. The van der Waals surface area contributed by atoms with Crippen molar-refractivity contribution in [1.82, 2.24) is 14.8 Å². The maximum Gasteiger partial charge on any atom is 0.270 e. The summed E-state index contributed by atoms with van der Waals surface area (Å²) in [6, 6.07) is 2.28. The smallest absolute Gasteiger partial charge is 0.270 e. The third-order valence-electron chi connectivity index (χ3n) is 3.35. The first kappa shape index (κ1) is 13.6. The molecule has 0 saturated carbocycles. The average Bonchev–Trinajstić information content (AvgIpc) is 2.64. The highest BCUT2D eigenvalue weighted by molar-refractivity contribution is 9.10. The SMILES string of the molecule is CCCn1cc(Br)cc1C(=O)N(CC)C1CNC1. The molecule has 4 nitrogen and oxygen atoms in total. The highest BCUT2D eigenvalue weighted by Gasteiger charge is 2.29. The lowest BCUT2D eigenvalue weighted by Crippen LogP contribution is -2.58. The van der Waals surface area contributed by atoms with Gasteiger partial charge >= 0.3 is 0 Å². The first-order valence-corrected chi connectivity index (χ1v) is 7.34. The van der Waals surface area contributed by atoms with E-state index in [4.69, 9.17) is 0 Å². The van der Waals surface area contributed by atoms with Gasteiger partial charge in [0, 0.05) is 36.8 Å². The van der Waals surface area contributed by atoms with Crippen LogP contribution in [0, 0.1) is 0 Å². The summed E-state index contributed by atoms with van der Waals surface area (Å²) in [5.41, 5.74) is 0.789. The van der Waals surface area contributed by atoms with Crippen LogP contribution in [0.1, 0.15) is 30.8 Å². The van der Waals surface area contributed by atoms with E-state index < -0.39 is 0 Å². The van der Waals surface area contributed by atoms with Gasteiger partial charge in [0.05, 0.1) is 6.04 Å². The Balaban J connectivity index is 2.20. The maximum absolute atomic E-state index is 12.6. The Labute approximate surface area is 116 Å². The molecule has 1 aliphatic rings. The Kier molecular flexibility index (Phi) is 4.45. The van der Waals surface area contributed by atoms with Crippen LogP contribution in [0.5, 0.6) is 0 Å². The van der Waals surface area contributed by atoms with Crippen molar-refractivity contribution in [2.45, 2.75) is 32.9 Å². The number of carbonyl (C=O) groups excluding carboxylic acids is 1. The molecule has 0 atom stereocenters. The van der Waals surface area contributed by atoms with E-state index >= 15 is 0 Å². The van der Waals surface area contributed by atoms with Gasteiger partial charge in [-0.05, 0) is 35.3 Å². The van der Waals surface area contributed by atoms with Crippen molar-refractivity contribution >= 4 is 21.8 Å². The van der Waals surface area contributed by atoms with Crippen molar-refractivity contribution in [3.8, 4) is 0 Å². The molecule has 0 radical (unpaired) electrons. The number of aromatic nitrogens is 1.